The number of anilines is 1. The average molecular weight is 395 g/mol. The van der Waals surface area contributed by atoms with Crippen molar-refractivity contribution in [1.82, 2.24) is 14.5 Å². The second kappa shape index (κ2) is 7.81. The number of nitrogens with zero attached hydrogens (tertiary/aromatic N) is 3. The number of carbonyl (C=O) groups is 1. The predicted octanol–water partition coefficient (Wildman–Crippen LogP) is 2.45. The fourth-order valence-electron chi connectivity index (χ4n) is 2.89. The minimum Gasteiger partial charge on any atom is -0.300 e. The molecule has 0 aliphatic carbocycles. The van der Waals surface area contributed by atoms with Gasteiger partial charge in [-0.05, 0) is 38.3 Å². The summed E-state index contributed by atoms with van der Waals surface area (Å²) < 4.78 is 27.1. The first-order valence-corrected chi connectivity index (χ1v) is 10.9. The Hall–Kier alpha value is -1.84. The Morgan fingerprint density at radius 2 is 2.04 bits per heavy atom. The summed E-state index contributed by atoms with van der Waals surface area (Å²) in [6.45, 7) is 4.50. The van der Waals surface area contributed by atoms with Gasteiger partial charge >= 0.3 is 0 Å². The zero-order chi connectivity index (χ0) is 18.7. The Morgan fingerprint density at radius 3 is 2.69 bits per heavy atom. The van der Waals surface area contributed by atoms with Gasteiger partial charge in [-0.1, -0.05) is 36.0 Å². The van der Waals surface area contributed by atoms with Crippen LogP contribution in [0.1, 0.15) is 30.3 Å². The maximum Gasteiger partial charge on any atom is 0.243 e. The molecule has 7 nitrogen and oxygen atoms in total. The number of rotatable bonds is 5. The lowest BCUT2D eigenvalue weighted by atomic mass is 9.99. The van der Waals surface area contributed by atoms with Crippen LogP contribution in [0.4, 0.5) is 5.13 Å². The first-order chi connectivity index (χ1) is 12.4. The number of piperidine rings is 1. The van der Waals surface area contributed by atoms with E-state index < -0.39 is 15.9 Å². The maximum atomic E-state index is 12.8. The molecule has 1 aliphatic heterocycles. The van der Waals surface area contributed by atoms with Gasteiger partial charge < -0.3 is 5.32 Å². The zero-order valence-electron chi connectivity index (χ0n) is 14.8. The Kier molecular flexibility index (Phi) is 5.69. The molecular weight excluding hydrogens is 372 g/mol. The molecule has 1 N–H and O–H groups in total. The summed E-state index contributed by atoms with van der Waals surface area (Å²) in [6, 6.07) is 6.79. The predicted molar refractivity (Wildman–Crippen MR) is 101 cm³/mol. The quantitative estimate of drug-likeness (QED) is 0.841. The minimum atomic E-state index is -3.59. The van der Waals surface area contributed by atoms with Crippen LogP contribution in [0.3, 0.4) is 0 Å². The number of amides is 1. The molecule has 0 spiro atoms. The third kappa shape index (κ3) is 4.11. The molecular formula is C17H22N4O3S2. The molecule has 26 heavy (non-hydrogen) atoms. The summed E-state index contributed by atoms with van der Waals surface area (Å²) in [6.07, 6.45) is 2.07. The van der Waals surface area contributed by atoms with Crippen LogP contribution in [0.25, 0.3) is 0 Å². The van der Waals surface area contributed by atoms with Gasteiger partial charge in [-0.25, -0.2) is 8.42 Å². The fraction of sp³-hybridized carbons (Fsp3) is 0.471. The van der Waals surface area contributed by atoms with Crippen LogP contribution in [0.15, 0.2) is 29.2 Å². The molecule has 1 aromatic heterocycles. The smallest absolute Gasteiger partial charge is 0.243 e. The van der Waals surface area contributed by atoms with Gasteiger partial charge in [0.1, 0.15) is 5.01 Å². The zero-order valence-corrected chi connectivity index (χ0v) is 16.4. The van der Waals surface area contributed by atoms with Crippen molar-refractivity contribution in [3.63, 3.8) is 0 Å². The molecule has 2 heterocycles. The fourth-order valence-corrected chi connectivity index (χ4v) is 5.09. The van der Waals surface area contributed by atoms with Crippen LogP contribution in [0.2, 0.25) is 0 Å². The van der Waals surface area contributed by atoms with E-state index in [2.05, 4.69) is 15.5 Å². The van der Waals surface area contributed by atoms with Crippen molar-refractivity contribution in [2.24, 2.45) is 5.92 Å². The van der Waals surface area contributed by atoms with Gasteiger partial charge in [-0.15, -0.1) is 10.2 Å². The van der Waals surface area contributed by atoms with Crippen molar-refractivity contribution >= 4 is 32.4 Å². The lowest BCUT2D eigenvalue weighted by Crippen LogP contribution is -2.43. The monoisotopic (exact) mass is 394 g/mol. The van der Waals surface area contributed by atoms with Gasteiger partial charge in [-0.3, -0.25) is 4.79 Å². The maximum absolute atomic E-state index is 12.8. The van der Waals surface area contributed by atoms with Crippen LogP contribution < -0.4 is 5.32 Å². The highest BCUT2D eigenvalue weighted by Crippen LogP contribution is 2.25. The normalized spacial score (nSPS) is 18.6. The summed E-state index contributed by atoms with van der Waals surface area (Å²) in [5.74, 6) is -0.592. The molecule has 1 aromatic carbocycles. The van der Waals surface area contributed by atoms with E-state index in [1.165, 1.54) is 15.6 Å². The van der Waals surface area contributed by atoms with Gasteiger partial charge in [-0.2, -0.15) is 4.31 Å². The first-order valence-electron chi connectivity index (χ1n) is 8.60. The van der Waals surface area contributed by atoms with E-state index in [4.69, 9.17) is 0 Å². The average Bonchev–Trinajstić information content (AvgIpc) is 3.10. The SMILES string of the molecule is CCc1nnc(NC(=O)C2CCCN(S(=O)(=O)c3ccc(C)cc3)C2)s1. The Balaban J connectivity index is 1.70. The molecule has 1 atom stereocenters. The highest BCUT2D eigenvalue weighted by atomic mass is 32.2. The highest BCUT2D eigenvalue weighted by molar-refractivity contribution is 7.89. The van der Waals surface area contributed by atoms with Crippen molar-refractivity contribution in [3.05, 3.63) is 34.8 Å². The van der Waals surface area contributed by atoms with E-state index in [9.17, 15) is 13.2 Å². The number of aryl methyl sites for hydroxylation is 2. The van der Waals surface area contributed by atoms with Crippen molar-refractivity contribution < 1.29 is 13.2 Å². The highest BCUT2D eigenvalue weighted by Gasteiger charge is 2.33. The Morgan fingerprint density at radius 1 is 1.31 bits per heavy atom. The molecule has 0 bridgehead atoms. The molecule has 1 saturated heterocycles. The van der Waals surface area contributed by atoms with Gasteiger partial charge in [0.2, 0.25) is 21.1 Å². The topological polar surface area (TPSA) is 92.3 Å². The van der Waals surface area contributed by atoms with E-state index in [1.807, 2.05) is 13.8 Å². The van der Waals surface area contributed by atoms with E-state index in [0.29, 0.717) is 24.5 Å². The molecule has 1 fully saturated rings. The second-order valence-corrected chi connectivity index (χ2v) is 9.36. The molecule has 0 saturated carbocycles. The summed E-state index contributed by atoms with van der Waals surface area (Å²) in [4.78, 5) is 12.8. The van der Waals surface area contributed by atoms with Crippen LogP contribution in [-0.2, 0) is 21.2 Å². The molecule has 3 rings (SSSR count). The van der Waals surface area contributed by atoms with E-state index in [-0.39, 0.29) is 17.3 Å². The van der Waals surface area contributed by atoms with Crippen LogP contribution >= 0.6 is 11.3 Å². The molecule has 1 amide bonds. The van der Waals surface area contributed by atoms with Crippen molar-refractivity contribution in [3.8, 4) is 0 Å². The van der Waals surface area contributed by atoms with E-state index >= 15 is 0 Å². The number of hydrogen-bond acceptors (Lipinski definition) is 6. The number of sulfonamides is 1. The summed E-state index contributed by atoms with van der Waals surface area (Å²) in [5.41, 5.74) is 1.00. The Labute approximate surface area is 157 Å². The number of carbonyl (C=O) groups excluding carboxylic acids is 1. The number of benzene rings is 1. The third-order valence-corrected chi connectivity index (χ3v) is 7.28. The largest absolute Gasteiger partial charge is 0.300 e. The van der Waals surface area contributed by atoms with Crippen molar-refractivity contribution in [2.75, 3.05) is 18.4 Å². The summed E-state index contributed by atoms with van der Waals surface area (Å²) >= 11 is 1.34. The molecule has 9 heteroatoms. The molecule has 140 valence electrons. The number of aromatic nitrogens is 2. The number of nitrogens with one attached hydrogen (secondary N) is 1. The lowest BCUT2D eigenvalue weighted by Gasteiger charge is -2.31. The summed E-state index contributed by atoms with van der Waals surface area (Å²) in [5, 5.41) is 12.0. The van der Waals surface area contributed by atoms with Crippen LogP contribution in [0.5, 0.6) is 0 Å². The van der Waals surface area contributed by atoms with E-state index in [1.54, 1.807) is 24.3 Å². The van der Waals surface area contributed by atoms with Gasteiger partial charge in [0.05, 0.1) is 10.8 Å². The third-order valence-electron chi connectivity index (χ3n) is 4.41. The van der Waals surface area contributed by atoms with Gasteiger partial charge in [0.15, 0.2) is 0 Å². The molecule has 1 aliphatic rings. The van der Waals surface area contributed by atoms with Gasteiger partial charge in [0.25, 0.3) is 0 Å². The number of hydrogen-bond donors (Lipinski definition) is 1. The van der Waals surface area contributed by atoms with Gasteiger partial charge in [0, 0.05) is 13.1 Å². The molecule has 0 radical (unpaired) electrons. The van der Waals surface area contributed by atoms with E-state index in [0.717, 1.165) is 17.0 Å². The summed E-state index contributed by atoms with van der Waals surface area (Å²) in [7, 11) is -3.59. The van der Waals surface area contributed by atoms with Crippen LogP contribution in [0, 0.1) is 12.8 Å². The minimum absolute atomic E-state index is 0.182. The standard InChI is InChI=1S/C17H22N4O3S2/c1-3-15-19-20-17(25-15)18-16(22)13-5-4-10-21(11-13)26(23,24)14-8-6-12(2)7-9-14/h6-9,13H,3-5,10-11H2,1-2H3,(H,18,20,22). The first kappa shape index (κ1) is 18.9. The lowest BCUT2D eigenvalue weighted by molar-refractivity contribution is -0.120. The van der Waals surface area contributed by atoms with Crippen molar-refractivity contribution in [2.45, 2.75) is 38.0 Å². The Bertz CT molecular complexity index is 878. The van der Waals surface area contributed by atoms with Crippen LogP contribution in [-0.4, -0.2) is 41.9 Å². The molecule has 2 aromatic rings. The second-order valence-electron chi connectivity index (χ2n) is 6.36. The van der Waals surface area contributed by atoms with Crippen molar-refractivity contribution in [1.29, 1.82) is 0 Å². The molecule has 1 unspecified atom stereocenters.